The zero-order chi connectivity index (χ0) is 11.1. The van der Waals surface area contributed by atoms with E-state index in [9.17, 15) is 4.79 Å². The fourth-order valence-corrected chi connectivity index (χ4v) is 2.57. The lowest BCUT2D eigenvalue weighted by molar-refractivity contribution is -0.131. The van der Waals surface area contributed by atoms with Crippen LogP contribution in [0.1, 0.15) is 32.1 Å². The monoisotopic (exact) mass is 266 g/mol. The molecule has 0 bridgehead atoms. The molecule has 1 amide bonds. The van der Waals surface area contributed by atoms with Crippen LogP contribution in [-0.2, 0) is 4.79 Å². The number of thioether (sulfide) groups is 1. The molecule has 0 aliphatic carbocycles. The van der Waals surface area contributed by atoms with E-state index in [1.807, 2.05) is 16.7 Å². The highest BCUT2D eigenvalue weighted by Crippen LogP contribution is 2.18. The van der Waals surface area contributed by atoms with Crippen LogP contribution < -0.4 is 5.73 Å². The molecule has 0 radical (unpaired) electrons. The molecular weight excluding hydrogens is 244 g/mol. The van der Waals surface area contributed by atoms with E-state index in [-0.39, 0.29) is 12.4 Å². The molecule has 1 aliphatic rings. The number of rotatable bonds is 6. The fourth-order valence-electron chi connectivity index (χ4n) is 2.08. The Balaban J connectivity index is 0.00000225. The predicted molar refractivity (Wildman–Crippen MR) is 73.3 cm³/mol. The number of hydrogen-bond acceptors (Lipinski definition) is 3. The van der Waals surface area contributed by atoms with E-state index >= 15 is 0 Å². The number of carbonyl (C=O) groups excluding carboxylic acids is 1. The molecule has 5 heteroatoms. The van der Waals surface area contributed by atoms with Crippen LogP contribution in [0.5, 0.6) is 0 Å². The van der Waals surface area contributed by atoms with Crippen molar-refractivity contribution in [1.82, 2.24) is 4.90 Å². The molecule has 0 aromatic rings. The highest BCUT2D eigenvalue weighted by molar-refractivity contribution is 7.98. The SMILES string of the molecule is CSCCCCC(=O)N1CCCC1CN.Cl. The highest BCUT2D eigenvalue weighted by Gasteiger charge is 2.26. The molecule has 1 heterocycles. The van der Waals surface area contributed by atoms with Gasteiger partial charge in [-0.3, -0.25) is 4.79 Å². The summed E-state index contributed by atoms with van der Waals surface area (Å²) in [6, 6.07) is 0.318. The van der Waals surface area contributed by atoms with E-state index in [0.29, 0.717) is 24.9 Å². The third-order valence-electron chi connectivity index (χ3n) is 2.96. The minimum Gasteiger partial charge on any atom is -0.338 e. The number of nitrogens with zero attached hydrogens (tertiary/aromatic N) is 1. The van der Waals surface area contributed by atoms with E-state index in [2.05, 4.69) is 6.26 Å². The summed E-state index contributed by atoms with van der Waals surface area (Å²) in [6.45, 7) is 1.54. The van der Waals surface area contributed by atoms with Gasteiger partial charge in [0.25, 0.3) is 0 Å². The van der Waals surface area contributed by atoms with Crippen LogP contribution in [0, 0.1) is 0 Å². The molecule has 1 saturated heterocycles. The topological polar surface area (TPSA) is 46.3 Å². The van der Waals surface area contributed by atoms with E-state index < -0.39 is 0 Å². The van der Waals surface area contributed by atoms with Crippen LogP contribution in [0.2, 0.25) is 0 Å². The van der Waals surface area contributed by atoms with Gasteiger partial charge in [-0.05, 0) is 37.7 Å². The Morgan fingerprint density at radius 1 is 1.50 bits per heavy atom. The maximum Gasteiger partial charge on any atom is 0.222 e. The summed E-state index contributed by atoms with van der Waals surface area (Å²) in [4.78, 5) is 13.8. The third-order valence-corrected chi connectivity index (χ3v) is 3.66. The lowest BCUT2D eigenvalue weighted by Gasteiger charge is -2.23. The molecule has 3 nitrogen and oxygen atoms in total. The van der Waals surface area contributed by atoms with Gasteiger partial charge >= 0.3 is 0 Å². The third kappa shape index (κ3) is 4.93. The van der Waals surface area contributed by atoms with Gasteiger partial charge in [-0.15, -0.1) is 12.4 Å². The van der Waals surface area contributed by atoms with Gasteiger partial charge in [0.1, 0.15) is 0 Å². The first-order valence-electron chi connectivity index (χ1n) is 5.78. The van der Waals surface area contributed by atoms with Gasteiger partial charge in [0, 0.05) is 25.6 Å². The normalized spacial score (nSPS) is 19.6. The van der Waals surface area contributed by atoms with E-state index in [1.165, 1.54) is 0 Å². The number of unbranched alkanes of at least 4 members (excludes halogenated alkanes) is 1. The van der Waals surface area contributed by atoms with E-state index in [4.69, 9.17) is 5.73 Å². The average molecular weight is 267 g/mol. The van der Waals surface area contributed by atoms with Crippen LogP contribution in [-0.4, -0.2) is 41.9 Å². The van der Waals surface area contributed by atoms with Gasteiger partial charge in [-0.25, -0.2) is 0 Å². The number of amides is 1. The molecule has 0 aromatic carbocycles. The number of halogens is 1. The van der Waals surface area contributed by atoms with Crippen molar-refractivity contribution < 1.29 is 4.79 Å². The lowest BCUT2D eigenvalue weighted by Crippen LogP contribution is -2.39. The van der Waals surface area contributed by atoms with E-state index in [0.717, 1.165) is 38.0 Å². The summed E-state index contributed by atoms with van der Waals surface area (Å²) in [7, 11) is 0. The Labute approximate surface area is 109 Å². The molecule has 96 valence electrons. The van der Waals surface area contributed by atoms with Gasteiger partial charge < -0.3 is 10.6 Å². The van der Waals surface area contributed by atoms with Crippen LogP contribution >= 0.6 is 24.2 Å². The summed E-state index contributed by atoms with van der Waals surface area (Å²) in [5.41, 5.74) is 5.64. The Bertz CT molecular complexity index is 204. The Morgan fingerprint density at radius 3 is 2.88 bits per heavy atom. The van der Waals surface area contributed by atoms with E-state index in [1.54, 1.807) is 0 Å². The van der Waals surface area contributed by atoms with Gasteiger partial charge in [0.15, 0.2) is 0 Å². The number of carbonyl (C=O) groups is 1. The van der Waals surface area contributed by atoms with Gasteiger partial charge in [0.2, 0.25) is 5.91 Å². The summed E-state index contributed by atoms with van der Waals surface area (Å²) in [5.74, 6) is 1.47. The van der Waals surface area contributed by atoms with Crippen molar-refractivity contribution in [1.29, 1.82) is 0 Å². The van der Waals surface area contributed by atoms with Crippen LogP contribution in [0.25, 0.3) is 0 Å². The second-order valence-electron chi connectivity index (χ2n) is 4.07. The van der Waals surface area contributed by atoms with Crippen molar-refractivity contribution in [3.05, 3.63) is 0 Å². The second-order valence-corrected chi connectivity index (χ2v) is 5.05. The molecule has 1 unspecified atom stereocenters. The Kier molecular flexibility index (Phi) is 9.18. The smallest absolute Gasteiger partial charge is 0.222 e. The molecule has 1 rings (SSSR count). The number of nitrogens with two attached hydrogens (primary N) is 1. The van der Waals surface area contributed by atoms with Crippen molar-refractivity contribution in [2.45, 2.75) is 38.1 Å². The first-order valence-corrected chi connectivity index (χ1v) is 7.17. The number of hydrogen-bond donors (Lipinski definition) is 1. The molecule has 16 heavy (non-hydrogen) atoms. The summed E-state index contributed by atoms with van der Waals surface area (Å²) < 4.78 is 0. The molecule has 0 saturated carbocycles. The van der Waals surface area contributed by atoms with Crippen molar-refractivity contribution >= 4 is 30.1 Å². The summed E-state index contributed by atoms with van der Waals surface area (Å²) in [5, 5.41) is 0. The lowest BCUT2D eigenvalue weighted by atomic mass is 10.2. The quantitative estimate of drug-likeness (QED) is 0.747. The molecule has 2 N–H and O–H groups in total. The average Bonchev–Trinajstić information content (AvgIpc) is 2.72. The molecule has 0 aromatic heterocycles. The minimum absolute atomic E-state index is 0. The largest absolute Gasteiger partial charge is 0.338 e. The van der Waals surface area contributed by atoms with Gasteiger partial charge in [0.05, 0.1) is 0 Å². The first kappa shape index (κ1) is 16.1. The molecule has 1 aliphatic heterocycles. The van der Waals surface area contributed by atoms with Crippen LogP contribution in [0.3, 0.4) is 0 Å². The fraction of sp³-hybridized carbons (Fsp3) is 0.909. The maximum atomic E-state index is 11.8. The van der Waals surface area contributed by atoms with Crippen molar-refractivity contribution in [3.63, 3.8) is 0 Å². The molecule has 1 atom stereocenters. The second kappa shape index (κ2) is 9.14. The van der Waals surface area contributed by atoms with Crippen molar-refractivity contribution in [2.24, 2.45) is 5.73 Å². The first-order chi connectivity index (χ1) is 7.29. The van der Waals surface area contributed by atoms with Crippen molar-refractivity contribution in [3.8, 4) is 0 Å². The minimum atomic E-state index is 0. The predicted octanol–water partition coefficient (Wildman–Crippen LogP) is 1.89. The maximum absolute atomic E-state index is 11.8. The van der Waals surface area contributed by atoms with Crippen LogP contribution in [0.15, 0.2) is 0 Å². The zero-order valence-electron chi connectivity index (χ0n) is 9.98. The van der Waals surface area contributed by atoms with Gasteiger partial charge in [-0.1, -0.05) is 0 Å². The van der Waals surface area contributed by atoms with Crippen LogP contribution in [0.4, 0.5) is 0 Å². The molecule has 0 spiro atoms. The molecule has 1 fully saturated rings. The summed E-state index contributed by atoms with van der Waals surface area (Å²) >= 11 is 1.85. The van der Waals surface area contributed by atoms with Gasteiger partial charge in [-0.2, -0.15) is 11.8 Å². The number of likely N-dealkylation sites (tertiary alicyclic amines) is 1. The highest BCUT2D eigenvalue weighted by atomic mass is 35.5. The standard InChI is InChI=1S/C11H22N2OS.ClH/c1-15-8-3-2-6-11(14)13-7-4-5-10(13)9-12;/h10H,2-9,12H2,1H3;1H. The summed E-state index contributed by atoms with van der Waals surface area (Å²) in [6.07, 6.45) is 7.19. The Hall–Kier alpha value is 0.0700. The van der Waals surface area contributed by atoms with Crippen molar-refractivity contribution in [2.75, 3.05) is 25.1 Å². The zero-order valence-corrected chi connectivity index (χ0v) is 11.6. The molecular formula is C11H23ClN2OS. The Morgan fingerprint density at radius 2 is 2.25 bits per heavy atom.